The van der Waals surface area contributed by atoms with Crippen molar-refractivity contribution in [2.24, 2.45) is 0 Å². The van der Waals surface area contributed by atoms with E-state index in [1.165, 1.54) is 4.31 Å². The lowest BCUT2D eigenvalue weighted by molar-refractivity contribution is 0.453. The van der Waals surface area contributed by atoms with Gasteiger partial charge in [-0.25, -0.2) is 8.42 Å². The van der Waals surface area contributed by atoms with Crippen LogP contribution in [-0.4, -0.2) is 29.6 Å². The minimum atomic E-state index is -3.50. The molecular formula is C16H23N3O2S. The van der Waals surface area contributed by atoms with Gasteiger partial charge in [0, 0.05) is 19.3 Å². The number of hydrogen-bond acceptors (Lipinski definition) is 3. The van der Waals surface area contributed by atoms with E-state index in [9.17, 15) is 8.42 Å². The summed E-state index contributed by atoms with van der Waals surface area (Å²) in [6.45, 7) is 8.21. The monoisotopic (exact) mass is 321 g/mol. The second kappa shape index (κ2) is 6.22. The fourth-order valence-corrected chi connectivity index (χ4v) is 3.34. The first-order valence-corrected chi connectivity index (χ1v) is 8.73. The van der Waals surface area contributed by atoms with E-state index in [1.54, 1.807) is 19.2 Å². The standard InChI is InChI=1S/C16H23N3O2S/c1-12(2)19-9-8-15(17-19)11-18(5)22(20,21)16-7-6-13(3)14(4)10-16/h6-10,12H,11H2,1-5H3. The Balaban J connectivity index is 2.22. The van der Waals surface area contributed by atoms with Crippen LogP contribution < -0.4 is 0 Å². The van der Waals surface area contributed by atoms with Gasteiger partial charge in [-0.2, -0.15) is 9.40 Å². The molecule has 0 spiro atoms. The Morgan fingerprint density at radius 2 is 1.86 bits per heavy atom. The van der Waals surface area contributed by atoms with E-state index < -0.39 is 10.0 Å². The van der Waals surface area contributed by atoms with Gasteiger partial charge in [-0.3, -0.25) is 4.68 Å². The van der Waals surface area contributed by atoms with E-state index in [0.29, 0.717) is 4.90 Å². The van der Waals surface area contributed by atoms with Gasteiger partial charge in [0.1, 0.15) is 0 Å². The molecule has 0 saturated heterocycles. The van der Waals surface area contributed by atoms with E-state index in [4.69, 9.17) is 0 Å². The summed E-state index contributed by atoms with van der Waals surface area (Å²) in [5, 5.41) is 4.40. The van der Waals surface area contributed by atoms with Crippen molar-refractivity contribution in [2.75, 3.05) is 7.05 Å². The molecule has 0 radical (unpaired) electrons. The van der Waals surface area contributed by atoms with Crippen molar-refractivity contribution >= 4 is 10.0 Å². The topological polar surface area (TPSA) is 55.2 Å². The predicted octanol–water partition coefficient (Wildman–Crippen LogP) is 2.90. The van der Waals surface area contributed by atoms with Crippen molar-refractivity contribution in [3.8, 4) is 0 Å². The zero-order chi connectivity index (χ0) is 16.5. The molecule has 0 aliphatic heterocycles. The first kappa shape index (κ1) is 16.7. The maximum atomic E-state index is 12.6. The van der Waals surface area contributed by atoms with Crippen LogP contribution in [0.15, 0.2) is 35.4 Å². The summed E-state index contributed by atoms with van der Waals surface area (Å²) in [6, 6.07) is 7.32. The quantitative estimate of drug-likeness (QED) is 0.851. The SMILES string of the molecule is Cc1ccc(S(=O)(=O)N(C)Cc2ccn(C(C)C)n2)cc1C. The molecule has 0 fully saturated rings. The number of sulfonamides is 1. The van der Waals surface area contributed by atoms with Crippen LogP contribution >= 0.6 is 0 Å². The van der Waals surface area contributed by atoms with E-state index in [-0.39, 0.29) is 12.6 Å². The third-order valence-corrected chi connectivity index (χ3v) is 5.56. The Kier molecular flexibility index (Phi) is 4.72. The first-order valence-electron chi connectivity index (χ1n) is 7.29. The Morgan fingerprint density at radius 3 is 2.41 bits per heavy atom. The minimum Gasteiger partial charge on any atom is -0.270 e. The molecule has 22 heavy (non-hydrogen) atoms. The van der Waals surface area contributed by atoms with Crippen molar-refractivity contribution in [1.29, 1.82) is 0 Å². The van der Waals surface area contributed by atoms with Crippen molar-refractivity contribution in [3.63, 3.8) is 0 Å². The smallest absolute Gasteiger partial charge is 0.243 e. The molecule has 0 atom stereocenters. The highest BCUT2D eigenvalue weighted by atomic mass is 32.2. The summed E-state index contributed by atoms with van der Waals surface area (Å²) in [5.74, 6) is 0. The number of aromatic nitrogens is 2. The molecule has 0 saturated carbocycles. The second-order valence-corrected chi connectivity index (χ2v) is 7.93. The molecule has 0 N–H and O–H groups in total. The van der Waals surface area contributed by atoms with Gasteiger partial charge in [-0.05, 0) is 57.0 Å². The predicted molar refractivity (Wildman–Crippen MR) is 87.2 cm³/mol. The summed E-state index contributed by atoms with van der Waals surface area (Å²) in [5.41, 5.74) is 2.79. The molecule has 120 valence electrons. The Labute approximate surface area is 132 Å². The molecule has 2 aromatic rings. The van der Waals surface area contributed by atoms with Gasteiger partial charge in [0.15, 0.2) is 0 Å². The number of aryl methyl sites for hydroxylation is 2. The normalized spacial score (nSPS) is 12.3. The van der Waals surface area contributed by atoms with Crippen LogP contribution in [0.5, 0.6) is 0 Å². The summed E-state index contributed by atoms with van der Waals surface area (Å²) in [7, 11) is -1.92. The van der Waals surface area contributed by atoms with Gasteiger partial charge in [0.2, 0.25) is 10.0 Å². The highest BCUT2D eigenvalue weighted by Gasteiger charge is 2.22. The Hall–Kier alpha value is -1.66. The van der Waals surface area contributed by atoms with Gasteiger partial charge in [0.05, 0.1) is 17.1 Å². The molecule has 1 aromatic heterocycles. The first-order chi connectivity index (χ1) is 10.2. The minimum absolute atomic E-state index is 0.259. The summed E-state index contributed by atoms with van der Waals surface area (Å²) in [4.78, 5) is 0.321. The van der Waals surface area contributed by atoms with E-state index in [2.05, 4.69) is 5.10 Å². The average Bonchev–Trinajstić information content (AvgIpc) is 2.90. The molecule has 1 aromatic carbocycles. The molecule has 0 bridgehead atoms. The van der Waals surface area contributed by atoms with E-state index in [1.807, 2.05) is 50.7 Å². The molecule has 6 heteroatoms. The van der Waals surface area contributed by atoms with E-state index in [0.717, 1.165) is 16.8 Å². The Morgan fingerprint density at radius 1 is 1.18 bits per heavy atom. The van der Waals surface area contributed by atoms with Crippen molar-refractivity contribution in [2.45, 2.75) is 45.2 Å². The molecule has 0 amide bonds. The van der Waals surface area contributed by atoms with Crippen LogP contribution in [0.4, 0.5) is 0 Å². The van der Waals surface area contributed by atoms with Gasteiger partial charge in [0.25, 0.3) is 0 Å². The van der Waals surface area contributed by atoms with Gasteiger partial charge in [-0.15, -0.1) is 0 Å². The van der Waals surface area contributed by atoms with Crippen LogP contribution in [0, 0.1) is 13.8 Å². The lowest BCUT2D eigenvalue weighted by Crippen LogP contribution is -2.27. The van der Waals surface area contributed by atoms with Crippen LogP contribution in [0.3, 0.4) is 0 Å². The lowest BCUT2D eigenvalue weighted by atomic mass is 10.1. The number of nitrogens with zero attached hydrogens (tertiary/aromatic N) is 3. The van der Waals surface area contributed by atoms with Crippen molar-refractivity contribution < 1.29 is 8.42 Å². The largest absolute Gasteiger partial charge is 0.270 e. The fourth-order valence-electron chi connectivity index (χ4n) is 2.12. The molecular weight excluding hydrogens is 298 g/mol. The van der Waals surface area contributed by atoms with Crippen LogP contribution in [0.2, 0.25) is 0 Å². The lowest BCUT2D eigenvalue weighted by Gasteiger charge is -2.17. The molecule has 0 aliphatic carbocycles. The highest BCUT2D eigenvalue weighted by molar-refractivity contribution is 7.89. The molecule has 1 heterocycles. The van der Waals surface area contributed by atoms with Gasteiger partial charge in [-0.1, -0.05) is 6.07 Å². The van der Waals surface area contributed by atoms with Crippen LogP contribution in [0.25, 0.3) is 0 Å². The van der Waals surface area contributed by atoms with Gasteiger partial charge >= 0.3 is 0 Å². The maximum absolute atomic E-state index is 12.6. The molecule has 0 unspecified atom stereocenters. The van der Waals surface area contributed by atoms with Crippen molar-refractivity contribution in [3.05, 3.63) is 47.3 Å². The number of benzene rings is 1. The second-order valence-electron chi connectivity index (χ2n) is 5.89. The van der Waals surface area contributed by atoms with Crippen LogP contribution in [-0.2, 0) is 16.6 Å². The number of hydrogen-bond donors (Lipinski definition) is 0. The van der Waals surface area contributed by atoms with Crippen LogP contribution in [0.1, 0.15) is 36.7 Å². The summed E-state index contributed by atoms with van der Waals surface area (Å²) < 4.78 is 28.4. The fraction of sp³-hybridized carbons (Fsp3) is 0.438. The number of rotatable bonds is 5. The third-order valence-electron chi connectivity index (χ3n) is 3.76. The zero-order valence-corrected chi connectivity index (χ0v) is 14.6. The average molecular weight is 321 g/mol. The molecule has 2 rings (SSSR count). The summed E-state index contributed by atoms with van der Waals surface area (Å²) >= 11 is 0. The third kappa shape index (κ3) is 3.39. The van der Waals surface area contributed by atoms with E-state index >= 15 is 0 Å². The molecule has 0 aliphatic rings. The maximum Gasteiger partial charge on any atom is 0.243 e. The van der Waals surface area contributed by atoms with Gasteiger partial charge < -0.3 is 0 Å². The summed E-state index contributed by atoms with van der Waals surface area (Å²) in [6.07, 6.45) is 1.87. The Bertz CT molecular complexity index is 763. The zero-order valence-electron chi connectivity index (χ0n) is 13.7. The molecule has 5 nitrogen and oxygen atoms in total. The van der Waals surface area contributed by atoms with Crippen molar-refractivity contribution in [1.82, 2.24) is 14.1 Å². The highest BCUT2D eigenvalue weighted by Crippen LogP contribution is 2.19.